The van der Waals surface area contributed by atoms with Crippen molar-refractivity contribution < 1.29 is 18.7 Å². The highest BCUT2D eigenvalue weighted by atomic mass is 35.5. The molecule has 0 aliphatic rings. The smallest absolute Gasteiger partial charge is 0.338 e. The van der Waals surface area contributed by atoms with Gasteiger partial charge in [0.05, 0.1) is 11.8 Å². The summed E-state index contributed by atoms with van der Waals surface area (Å²) in [4.78, 5) is 24.5. The molecule has 138 valence electrons. The van der Waals surface area contributed by atoms with Crippen LogP contribution in [0.25, 0.3) is 0 Å². The summed E-state index contributed by atoms with van der Waals surface area (Å²) < 4.78 is 10.4. The average Bonchev–Trinajstić information content (AvgIpc) is 3.17. The maximum Gasteiger partial charge on any atom is 0.338 e. The standard InChI is InChI=1S/C20H15Cl2NO4/c1-12-4-5-13(9-17(12)23-19(24)18-3-2-8-26-18)20(25)27-11-14-6-7-15(21)10-16(14)22/h2-10H,11H2,1H3,(H,23,24). The van der Waals surface area contributed by atoms with Gasteiger partial charge in [0.2, 0.25) is 0 Å². The maximum atomic E-state index is 12.4. The molecule has 1 amide bonds. The van der Waals surface area contributed by atoms with E-state index < -0.39 is 11.9 Å². The van der Waals surface area contributed by atoms with Crippen LogP contribution in [0.3, 0.4) is 0 Å². The van der Waals surface area contributed by atoms with Crippen LogP contribution in [0.5, 0.6) is 0 Å². The number of esters is 1. The molecule has 0 atom stereocenters. The maximum absolute atomic E-state index is 12.4. The van der Waals surface area contributed by atoms with E-state index >= 15 is 0 Å². The first-order chi connectivity index (χ1) is 12.9. The number of furan rings is 1. The van der Waals surface area contributed by atoms with Gasteiger partial charge in [0.25, 0.3) is 5.91 Å². The van der Waals surface area contributed by atoms with E-state index in [0.29, 0.717) is 26.9 Å². The minimum atomic E-state index is -0.533. The molecule has 1 aromatic heterocycles. The number of aryl methyl sites for hydroxylation is 1. The number of halogens is 2. The first kappa shape index (κ1) is 19.0. The molecule has 27 heavy (non-hydrogen) atoms. The number of benzene rings is 2. The highest BCUT2D eigenvalue weighted by molar-refractivity contribution is 6.35. The molecule has 0 fully saturated rings. The number of carbonyl (C=O) groups excluding carboxylic acids is 2. The van der Waals surface area contributed by atoms with E-state index in [1.54, 1.807) is 48.5 Å². The minimum Gasteiger partial charge on any atom is -0.459 e. The number of hydrogen-bond donors (Lipinski definition) is 1. The highest BCUT2D eigenvalue weighted by Crippen LogP contribution is 2.23. The van der Waals surface area contributed by atoms with Crippen LogP contribution >= 0.6 is 23.2 Å². The van der Waals surface area contributed by atoms with Crippen molar-refractivity contribution in [1.29, 1.82) is 0 Å². The van der Waals surface area contributed by atoms with E-state index in [-0.39, 0.29) is 12.4 Å². The number of rotatable bonds is 5. The molecule has 0 saturated carbocycles. The fourth-order valence-corrected chi connectivity index (χ4v) is 2.80. The Balaban J connectivity index is 1.70. The topological polar surface area (TPSA) is 68.5 Å². The van der Waals surface area contributed by atoms with Gasteiger partial charge in [0, 0.05) is 21.3 Å². The summed E-state index contributed by atoms with van der Waals surface area (Å²) in [6.07, 6.45) is 1.41. The van der Waals surface area contributed by atoms with Gasteiger partial charge in [0.15, 0.2) is 5.76 Å². The lowest BCUT2D eigenvalue weighted by Crippen LogP contribution is -2.13. The molecule has 0 saturated heterocycles. The summed E-state index contributed by atoms with van der Waals surface area (Å²) in [6.45, 7) is 1.83. The Morgan fingerprint density at radius 2 is 1.93 bits per heavy atom. The molecule has 5 nitrogen and oxygen atoms in total. The van der Waals surface area contributed by atoms with E-state index in [1.807, 2.05) is 6.92 Å². The predicted octanol–water partition coefficient (Wildman–Crippen LogP) is 5.50. The van der Waals surface area contributed by atoms with Crippen LogP contribution in [0.1, 0.15) is 32.0 Å². The quantitative estimate of drug-likeness (QED) is 0.570. The Morgan fingerprint density at radius 3 is 2.63 bits per heavy atom. The molecule has 0 spiro atoms. The zero-order valence-corrected chi connectivity index (χ0v) is 15.8. The molecule has 3 aromatic rings. The molecule has 3 rings (SSSR count). The van der Waals surface area contributed by atoms with E-state index in [2.05, 4.69) is 5.32 Å². The Kier molecular flexibility index (Phi) is 5.84. The number of ether oxygens (including phenoxy) is 1. The first-order valence-corrected chi connectivity index (χ1v) is 8.76. The van der Waals surface area contributed by atoms with Crippen molar-refractivity contribution in [2.24, 2.45) is 0 Å². The molecule has 0 aliphatic carbocycles. The molecule has 0 bridgehead atoms. The van der Waals surface area contributed by atoms with Crippen LogP contribution in [0.4, 0.5) is 5.69 Å². The van der Waals surface area contributed by atoms with E-state index in [9.17, 15) is 9.59 Å². The molecular weight excluding hydrogens is 389 g/mol. The molecule has 2 aromatic carbocycles. The molecule has 0 radical (unpaired) electrons. The first-order valence-electron chi connectivity index (χ1n) is 8.00. The number of amides is 1. The second-order valence-corrected chi connectivity index (χ2v) is 6.62. The lowest BCUT2D eigenvalue weighted by Gasteiger charge is -2.11. The van der Waals surface area contributed by atoms with Gasteiger partial charge in [-0.3, -0.25) is 4.79 Å². The van der Waals surface area contributed by atoms with Crippen molar-refractivity contribution in [3.05, 3.63) is 87.3 Å². The van der Waals surface area contributed by atoms with Crippen LogP contribution in [0, 0.1) is 6.92 Å². The van der Waals surface area contributed by atoms with Gasteiger partial charge in [-0.05, 0) is 48.9 Å². The SMILES string of the molecule is Cc1ccc(C(=O)OCc2ccc(Cl)cc2Cl)cc1NC(=O)c1ccco1. The lowest BCUT2D eigenvalue weighted by molar-refractivity contribution is 0.0472. The Bertz CT molecular complexity index is 984. The van der Waals surface area contributed by atoms with Crippen molar-refractivity contribution in [2.45, 2.75) is 13.5 Å². The second kappa shape index (κ2) is 8.29. The van der Waals surface area contributed by atoms with Gasteiger partial charge in [-0.25, -0.2) is 4.79 Å². The average molecular weight is 404 g/mol. The second-order valence-electron chi connectivity index (χ2n) is 5.77. The zero-order chi connectivity index (χ0) is 19.4. The third kappa shape index (κ3) is 4.70. The monoisotopic (exact) mass is 403 g/mol. The zero-order valence-electron chi connectivity index (χ0n) is 14.3. The predicted molar refractivity (Wildman–Crippen MR) is 103 cm³/mol. The fourth-order valence-electron chi connectivity index (χ4n) is 2.34. The largest absolute Gasteiger partial charge is 0.459 e. The van der Waals surface area contributed by atoms with Crippen LogP contribution in [0.15, 0.2) is 59.2 Å². The van der Waals surface area contributed by atoms with Crippen LogP contribution in [-0.2, 0) is 11.3 Å². The third-order valence-electron chi connectivity index (χ3n) is 3.84. The summed E-state index contributed by atoms with van der Waals surface area (Å²) in [5.41, 5.74) is 2.25. The van der Waals surface area contributed by atoms with E-state index in [1.165, 1.54) is 6.26 Å². The summed E-state index contributed by atoms with van der Waals surface area (Å²) >= 11 is 11.9. The molecule has 0 aliphatic heterocycles. The molecule has 1 N–H and O–H groups in total. The van der Waals surface area contributed by atoms with Crippen molar-refractivity contribution in [3.8, 4) is 0 Å². The number of anilines is 1. The number of hydrogen-bond acceptors (Lipinski definition) is 4. The Morgan fingerprint density at radius 1 is 1.11 bits per heavy atom. The van der Waals surface area contributed by atoms with Crippen LogP contribution in [0.2, 0.25) is 10.0 Å². The highest BCUT2D eigenvalue weighted by Gasteiger charge is 2.14. The van der Waals surface area contributed by atoms with Crippen molar-refractivity contribution >= 4 is 40.8 Å². The van der Waals surface area contributed by atoms with Gasteiger partial charge >= 0.3 is 5.97 Å². The van der Waals surface area contributed by atoms with E-state index in [4.69, 9.17) is 32.4 Å². The van der Waals surface area contributed by atoms with Crippen molar-refractivity contribution in [1.82, 2.24) is 0 Å². The molecular formula is C20H15Cl2NO4. The Labute approximate surface area is 165 Å². The van der Waals surface area contributed by atoms with Gasteiger partial charge in [-0.1, -0.05) is 35.3 Å². The Hall–Kier alpha value is -2.76. The fraction of sp³-hybridized carbons (Fsp3) is 0.100. The summed E-state index contributed by atoms with van der Waals surface area (Å²) in [5.74, 6) is -0.754. The number of nitrogens with one attached hydrogen (secondary N) is 1. The van der Waals surface area contributed by atoms with Crippen LogP contribution in [-0.4, -0.2) is 11.9 Å². The summed E-state index contributed by atoms with van der Waals surface area (Å²) in [6, 6.07) is 13.0. The van der Waals surface area contributed by atoms with Crippen LogP contribution < -0.4 is 5.32 Å². The van der Waals surface area contributed by atoms with Gasteiger partial charge < -0.3 is 14.5 Å². The summed E-state index contributed by atoms with van der Waals surface area (Å²) in [7, 11) is 0. The normalized spacial score (nSPS) is 10.5. The summed E-state index contributed by atoms with van der Waals surface area (Å²) in [5, 5.41) is 3.65. The van der Waals surface area contributed by atoms with Crippen molar-refractivity contribution in [2.75, 3.05) is 5.32 Å². The molecule has 1 heterocycles. The molecule has 7 heteroatoms. The minimum absolute atomic E-state index is 0.0107. The van der Waals surface area contributed by atoms with Gasteiger partial charge in [-0.2, -0.15) is 0 Å². The third-order valence-corrected chi connectivity index (χ3v) is 4.43. The lowest BCUT2D eigenvalue weighted by atomic mass is 10.1. The van der Waals surface area contributed by atoms with E-state index in [0.717, 1.165) is 5.56 Å². The van der Waals surface area contributed by atoms with Gasteiger partial charge in [0.1, 0.15) is 6.61 Å². The van der Waals surface area contributed by atoms with Crippen molar-refractivity contribution in [3.63, 3.8) is 0 Å². The molecule has 0 unspecified atom stereocenters. The van der Waals surface area contributed by atoms with Gasteiger partial charge in [-0.15, -0.1) is 0 Å². The number of carbonyl (C=O) groups is 2.